The van der Waals surface area contributed by atoms with E-state index in [1.807, 2.05) is 0 Å². The predicted molar refractivity (Wildman–Crippen MR) is 61.2 cm³/mol. The van der Waals surface area contributed by atoms with Gasteiger partial charge in [0.05, 0.1) is 13.2 Å². The van der Waals surface area contributed by atoms with Gasteiger partial charge in [-0.25, -0.2) is 4.39 Å². The molecule has 0 heterocycles. The van der Waals surface area contributed by atoms with Gasteiger partial charge >= 0.3 is 0 Å². The summed E-state index contributed by atoms with van der Waals surface area (Å²) in [6, 6.07) is 4.71. The number of halogens is 1. The van der Waals surface area contributed by atoms with Gasteiger partial charge in [0.1, 0.15) is 11.6 Å². The predicted octanol–water partition coefficient (Wildman–Crippen LogP) is 1.48. The van der Waals surface area contributed by atoms with Crippen molar-refractivity contribution >= 4 is 0 Å². The molecule has 1 aromatic carbocycles. The van der Waals surface area contributed by atoms with E-state index in [-0.39, 0.29) is 18.5 Å². The first-order valence-corrected chi connectivity index (χ1v) is 5.34. The first-order chi connectivity index (χ1) is 7.67. The Labute approximate surface area is 95.2 Å². The fourth-order valence-electron chi connectivity index (χ4n) is 1.35. The highest BCUT2D eigenvalue weighted by atomic mass is 19.1. The minimum absolute atomic E-state index is 0.0431. The summed E-state index contributed by atoms with van der Waals surface area (Å²) in [5, 5.41) is 11.9. The highest BCUT2D eigenvalue weighted by Gasteiger charge is 2.04. The second-order valence-corrected chi connectivity index (χ2v) is 3.72. The smallest absolute Gasteiger partial charge is 0.126 e. The Morgan fingerprint density at radius 1 is 1.50 bits per heavy atom. The molecule has 1 atom stereocenters. The molecule has 90 valence electrons. The molecule has 0 radical (unpaired) electrons. The summed E-state index contributed by atoms with van der Waals surface area (Å²) in [4.78, 5) is 0. The van der Waals surface area contributed by atoms with Crippen LogP contribution in [0.4, 0.5) is 4.39 Å². The van der Waals surface area contributed by atoms with Crippen LogP contribution in [0, 0.1) is 12.7 Å². The minimum Gasteiger partial charge on any atom is -0.494 e. The van der Waals surface area contributed by atoms with Crippen molar-refractivity contribution in [3.63, 3.8) is 0 Å². The van der Waals surface area contributed by atoms with E-state index in [1.54, 1.807) is 26.1 Å². The Morgan fingerprint density at radius 2 is 2.25 bits per heavy atom. The SMILES string of the molecule is CNC(CO)CCOc1ccc(F)c(C)c1. The lowest BCUT2D eigenvalue weighted by molar-refractivity contribution is 0.214. The fourth-order valence-corrected chi connectivity index (χ4v) is 1.35. The number of ether oxygens (including phenoxy) is 1. The maximum absolute atomic E-state index is 13.0. The van der Waals surface area contributed by atoms with Gasteiger partial charge < -0.3 is 15.2 Å². The minimum atomic E-state index is -0.226. The molecule has 0 amide bonds. The molecule has 1 aromatic rings. The second-order valence-electron chi connectivity index (χ2n) is 3.72. The summed E-state index contributed by atoms with van der Waals surface area (Å²) in [5.74, 6) is 0.433. The first-order valence-electron chi connectivity index (χ1n) is 5.34. The Morgan fingerprint density at radius 3 is 2.81 bits per heavy atom. The molecule has 16 heavy (non-hydrogen) atoms. The summed E-state index contributed by atoms with van der Waals surface area (Å²) in [6.45, 7) is 2.28. The second kappa shape index (κ2) is 6.45. The largest absolute Gasteiger partial charge is 0.494 e. The normalized spacial score (nSPS) is 12.5. The van der Waals surface area contributed by atoms with Crippen molar-refractivity contribution in [3.05, 3.63) is 29.6 Å². The van der Waals surface area contributed by atoms with Crippen LogP contribution >= 0.6 is 0 Å². The molecule has 4 heteroatoms. The zero-order valence-electron chi connectivity index (χ0n) is 9.66. The summed E-state index contributed by atoms with van der Waals surface area (Å²) >= 11 is 0. The zero-order valence-corrected chi connectivity index (χ0v) is 9.66. The molecular formula is C12H18FNO2. The van der Waals surface area contributed by atoms with Gasteiger partial charge in [-0.1, -0.05) is 0 Å². The lowest BCUT2D eigenvalue weighted by Crippen LogP contribution is -2.30. The van der Waals surface area contributed by atoms with Crippen LogP contribution in [0.3, 0.4) is 0 Å². The number of aliphatic hydroxyl groups is 1. The van der Waals surface area contributed by atoms with E-state index in [0.29, 0.717) is 24.3 Å². The molecule has 0 aromatic heterocycles. The number of rotatable bonds is 6. The van der Waals surface area contributed by atoms with Crippen molar-refractivity contribution in [3.8, 4) is 5.75 Å². The van der Waals surface area contributed by atoms with E-state index in [4.69, 9.17) is 9.84 Å². The van der Waals surface area contributed by atoms with E-state index in [1.165, 1.54) is 6.07 Å². The molecule has 2 N–H and O–H groups in total. The molecule has 0 aliphatic carbocycles. The Balaban J connectivity index is 2.40. The third-order valence-corrected chi connectivity index (χ3v) is 2.49. The fraction of sp³-hybridized carbons (Fsp3) is 0.500. The summed E-state index contributed by atoms with van der Waals surface area (Å²) in [7, 11) is 1.79. The van der Waals surface area contributed by atoms with E-state index >= 15 is 0 Å². The van der Waals surface area contributed by atoms with Crippen molar-refractivity contribution in [2.75, 3.05) is 20.3 Å². The number of aryl methyl sites for hydroxylation is 1. The Bertz CT molecular complexity index is 327. The van der Waals surface area contributed by atoms with Crippen LogP contribution in [0.1, 0.15) is 12.0 Å². The Kier molecular flexibility index (Phi) is 5.22. The molecule has 3 nitrogen and oxygen atoms in total. The third kappa shape index (κ3) is 3.79. The van der Waals surface area contributed by atoms with Gasteiger partial charge in [0.2, 0.25) is 0 Å². The van der Waals surface area contributed by atoms with E-state index < -0.39 is 0 Å². The lowest BCUT2D eigenvalue weighted by Gasteiger charge is -2.13. The summed E-state index contributed by atoms with van der Waals surface area (Å²) < 4.78 is 18.4. The average molecular weight is 227 g/mol. The summed E-state index contributed by atoms with van der Waals surface area (Å²) in [5.41, 5.74) is 0.574. The molecule has 1 rings (SSSR count). The molecule has 0 bridgehead atoms. The monoisotopic (exact) mass is 227 g/mol. The highest BCUT2D eigenvalue weighted by molar-refractivity contribution is 5.28. The van der Waals surface area contributed by atoms with Crippen LogP contribution in [-0.4, -0.2) is 31.4 Å². The molecule has 0 fully saturated rings. The zero-order chi connectivity index (χ0) is 12.0. The quantitative estimate of drug-likeness (QED) is 0.773. The number of hydrogen-bond donors (Lipinski definition) is 2. The highest BCUT2D eigenvalue weighted by Crippen LogP contribution is 2.16. The molecule has 1 unspecified atom stereocenters. The number of hydrogen-bond acceptors (Lipinski definition) is 3. The average Bonchev–Trinajstić information content (AvgIpc) is 2.29. The van der Waals surface area contributed by atoms with E-state index in [9.17, 15) is 4.39 Å². The van der Waals surface area contributed by atoms with Crippen molar-refractivity contribution in [2.24, 2.45) is 0 Å². The number of benzene rings is 1. The number of likely N-dealkylation sites (N-methyl/N-ethyl adjacent to an activating group) is 1. The maximum atomic E-state index is 13.0. The van der Waals surface area contributed by atoms with Crippen LogP contribution in [0.15, 0.2) is 18.2 Å². The molecule has 0 spiro atoms. The topological polar surface area (TPSA) is 41.5 Å². The van der Waals surface area contributed by atoms with Crippen molar-refractivity contribution in [2.45, 2.75) is 19.4 Å². The van der Waals surface area contributed by atoms with Crippen LogP contribution in [0.2, 0.25) is 0 Å². The third-order valence-electron chi connectivity index (χ3n) is 2.49. The first kappa shape index (κ1) is 12.9. The van der Waals surface area contributed by atoms with E-state index in [2.05, 4.69) is 5.32 Å². The van der Waals surface area contributed by atoms with Crippen molar-refractivity contribution < 1.29 is 14.2 Å². The molecule has 0 aliphatic heterocycles. The Hall–Kier alpha value is -1.13. The van der Waals surface area contributed by atoms with Crippen LogP contribution < -0.4 is 10.1 Å². The summed E-state index contributed by atoms with van der Waals surface area (Å²) in [6.07, 6.45) is 0.712. The van der Waals surface area contributed by atoms with Crippen molar-refractivity contribution in [1.82, 2.24) is 5.32 Å². The molecule has 0 aliphatic rings. The van der Waals surface area contributed by atoms with E-state index in [0.717, 1.165) is 0 Å². The maximum Gasteiger partial charge on any atom is 0.126 e. The van der Waals surface area contributed by atoms with Gasteiger partial charge in [-0.3, -0.25) is 0 Å². The molecular weight excluding hydrogens is 209 g/mol. The van der Waals surface area contributed by atoms with Gasteiger partial charge in [0.15, 0.2) is 0 Å². The molecule has 0 saturated heterocycles. The molecule has 0 saturated carbocycles. The van der Waals surface area contributed by atoms with Gasteiger partial charge in [-0.05, 0) is 44.2 Å². The number of nitrogens with one attached hydrogen (secondary N) is 1. The lowest BCUT2D eigenvalue weighted by atomic mass is 10.2. The van der Waals surface area contributed by atoms with Gasteiger partial charge in [0, 0.05) is 6.04 Å². The van der Waals surface area contributed by atoms with Gasteiger partial charge in [0.25, 0.3) is 0 Å². The van der Waals surface area contributed by atoms with Gasteiger partial charge in [-0.2, -0.15) is 0 Å². The number of aliphatic hydroxyl groups excluding tert-OH is 1. The van der Waals surface area contributed by atoms with Gasteiger partial charge in [-0.15, -0.1) is 0 Å². The van der Waals surface area contributed by atoms with Crippen LogP contribution in [-0.2, 0) is 0 Å². The van der Waals surface area contributed by atoms with Crippen molar-refractivity contribution in [1.29, 1.82) is 0 Å². The van der Waals surface area contributed by atoms with Crippen LogP contribution in [0.5, 0.6) is 5.75 Å². The van der Waals surface area contributed by atoms with Crippen LogP contribution in [0.25, 0.3) is 0 Å². The standard InChI is InChI=1S/C12H18FNO2/c1-9-7-11(3-4-12(9)13)16-6-5-10(8-15)14-2/h3-4,7,10,14-15H,5-6,8H2,1-2H3.